The number of carbonyl (C=O) groups excluding carboxylic acids is 4. The van der Waals surface area contributed by atoms with Crippen molar-refractivity contribution in [3.05, 3.63) is 59.7 Å². The molecule has 1 aliphatic heterocycles. The number of primary sulfonamides is 1. The maximum Gasteiger partial charge on any atom is 0.337 e. The average molecular weight is 500 g/mol. The molecule has 2 fully saturated rings. The van der Waals surface area contributed by atoms with Crippen molar-refractivity contribution in [2.45, 2.75) is 36.6 Å². The van der Waals surface area contributed by atoms with Crippen molar-refractivity contribution < 1.29 is 32.3 Å². The molecule has 1 saturated heterocycles. The molecule has 11 heteroatoms. The Labute approximate surface area is 202 Å². The fourth-order valence-corrected chi connectivity index (χ4v) is 4.59. The van der Waals surface area contributed by atoms with Crippen molar-refractivity contribution in [3.8, 4) is 0 Å². The highest BCUT2D eigenvalue weighted by atomic mass is 32.2. The van der Waals surface area contributed by atoms with Gasteiger partial charge in [-0.1, -0.05) is 12.1 Å². The van der Waals surface area contributed by atoms with Crippen LogP contribution in [0.25, 0.3) is 0 Å². The Bertz CT molecular complexity index is 1270. The van der Waals surface area contributed by atoms with Gasteiger partial charge in [-0.3, -0.25) is 14.4 Å². The van der Waals surface area contributed by atoms with Gasteiger partial charge in [0.15, 0.2) is 0 Å². The maximum absolute atomic E-state index is 13.3. The molecular formula is C24H25N3O7S. The third-order valence-corrected chi connectivity index (χ3v) is 7.08. The lowest BCUT2D eigenvalue weighted by molar-refractivity contribution is -0.139. The zero-order chi connectivity index (χ0) is 25.3. The van der Waals surface area contributed by atoms with E-state index in [2.05, 4.69) is 4.74 Å². The molecule has 1 aliphatic carbocycles. The monoisotopic (exact) mass is 499 g/mol. The van der Waals surface area contributed by atoms with E-state index >= 15 is 0 Å². The van der Waals surface area contributed by atoms with Gasteiger partial charge in [0.05, 0.1) is 29.7 Å². The maximum atomic E-state index is 13.3. The number of rotatable bonds is 8. The molecule has 4 rings (SSSR count). The Morgan fingerprint density at radius 1 is 1.06 bits per heavy atom. The Morgan fingerprint density at radius 3 is 2.23 bits per heavy atom. The first-order chi connectivity index (χ1) is 16.6. The summed E-state index contributed by atoms with van der Waals surface area (Å²) < 4.78 is 27.6. The topological polar surface area (TPSA) is 144 Å². The first-order valence-corrected chi connectivity index (χ1v) is 12.6. The van der Waals surface area contributed by atoms with Crippen molar-refractivity contribution in [2.75, 3.05) is 18.6 Å². The van der Waals surface area contributed by atoms with Crippen LogP contribution < -0.4 is 10.0 Å². The smallest absolute Gasteiger partial charge is 0.337 e. The second-order valence-corrected chi connectivity index (χ2v) is 10.1. The number of esters is 1. The van der Waals surface area contributed by atoms with Crippen LogP contribution >= 0.6 is 0 Å². The van der Waals surface area contributed by atoms with Crippen molar-refractivity contribution >= 4 is 39.4 Å². The number of amides is 3. The molecule has 1 heterocycles. The fraction of sp³-hybridized carbons (Fsp3) is 0.333. The molecule has 0 radical (unpaired) electrons. The molecule has 0 aromatic heterocycles. The lowest BCUT2D eigenvalue weighted by Crippen LogP contribution is -2.47. The summed E-state index contributed by atoms with van der Waals surface area (Å²) >= 11 is 0. The van der Waals surface area contributed by atoms with Gasteiger partial charge < -0.3 is 9.64 Å². The number of anilines is 1. The largest absolute Gasteiger partial charge is 0.465 e. The van der Waals surface area contributed by atoms with Crippen LogP contribution in [0.5, 0.6) is 0 Å². The van der Waals surface area contributed by atoms with Gasteiger partial charge in [0.1, 0.15) is 6.04 Å². The molecule has 1 saturated carbocycles. The Kier molecular flexibility index (Phi) is 6.73. The molecule has 2 aromatic rings. The normalized spacial score (nSPS) is 18.0. The number of ether oxygens (including phenoxy) is 1. The van der Waals surface area contributed by atoms with Gasteiger partial charge in [0.2, 0.25) is 21.8 Å². The predicted molar refractivity (Wildman–Crippen MR) is 125 cm³/mol. The van der Waals surface area contributed by atoms with Crippen molar-refractivity contribution in [1.29, 1.82) is 0 Å². The van der Waals surface area contributed by atoms with Crippen molar-refractivity contribution in [3.63, 3.8) is 0 Å². The first-order valence-electron chi connectivity index (χ1n) is 11.1. The molecule has 0 spiro atoms. The van der Waals surface area contributed by atoms with E-state index in [9.17, 15) is 27.6 Å². The molecular weight excluding hydrogens is 474 g/mol. The number of imide groups is 1. The summed E-state index contributed by atoms with van der Waals surface area (Å²) in [7, 11) is -2.56. The lowest BCUT2D eigenvalue weighted by Gasteiger charge is -2.28. The van der Waals surface area contributed by atoms with Crippen molar-refractivity contribution in [1.82, 2.24) is 4.90 Å². The zero-order valence-corrected chi connectivity index (χ0v) is 19.9. The van der Waals surface area contributed by atoms with Crippen LogP contribution in [-0.2, 0) is 35.6 Å². The second-order valence-electron chi connectivity index (χ2n) is 8.57. The minimum atomic E-state index is -3.81. The first kappa shape index (κ1) is 24.6. The minimum absolute atomic E-state index is 0.0161. The molecule has 0 bridgehead atoms. The van der Waals surface area contributed by atoms with Crippen LogP contribution in [0.3, 0.4) is 0 Å². The van der Waals surface area contributed by atoms with Gasteiger partial charge in [0.25, 0.3) is 5.91 Å². The van der Waals surface area contributed by atoms with Gasteiger partial charge >= 0.3 is 5.97 Å². The van der Waals surface area contributed by atoms with Crippen LogP contribution in [0.1, 0.15) is 35.2 Å². The number of sulfonamides is 1. The minimum Gasteiger partial charge on any atom is -0.465 e. The number of hydrogen-bond donors (Lipinski definition) is 1. The van der Waals surface area contributed by atoms with Crippen LogP contribution in [-0.4, -0.2) is 56.7 Å². The molecule has 2 N–H and O–H groups in total. The van der Waals surface area contributed by atoms with E-state index in [1.54, 1.807) is 12.1 Å². The van der Waals surface area contributed by atoms with Gasteiger partial charge in [-0.05, 0) is 61.2 Å². The number of hydrogen-bond acceptors (Lipinski definition) is 7. The lowest BCUT2D eigenvalue weighted by atomic mass is 10.1. The number of benzene rings is 2. The molecule has 2 aromatic carbocycles. The van der Waals surface area contributed by atoms with Crippen LogP contribution in [0.4, 0.5) is 5.69 Å². The number of carbonyl (C=O) groups is 4. The molecule has 2 aliphatic rings. The van der Waals surface area contributed by atoms with Crippen molar-refractivity contribution in [2.24, 2.45) is 11.1 Å². The van der Waals surface area contributed by atoms with Gasteiger partial charge in [-0.2, -0.15) is 0 Å². The Hall–Kier alpha value is -3.57. The highest BCUT2D eigenvalue weighted by molar-refractivity contribution is 7.89. The predicted octanol–water partition coefficient (Wildman–Crippen LogP) is 1.23. The summed E-state index contributed by atoms with van der Waals surface area (Å²) in [6, 6.07) is 11.0. The third kappa shape index (κ3) is 5.25. The Morgan fingerprint density at radius 2 is 1.69 bits per heavy atom. The molecule has 35 heavy (non-hydrogen) atoms. The number of nitrogens with two attached hydrogens (primary N) is 1. The van der Waals surface area contributed by atoms with E-state index in [0.717, 1.165) is 23.3 Å². The SMILES string of the molecule is COC(=O)c1ccc(N2C(=O)CC(N(CCc3ccc(S(N)(=O)=O)cc3)C(=O)C3CC3)C2=O)cc1. The fourth-order valence-electron chi connectivity index (χ4n) is 4.07. The van der Waals surface area contributed by atoms with E-state index in [1.165, 1.54) is 48.4 Å². The molecule has 3 amide bonds. The average Bonchev–Trinajstić information content (AvgIpc) is 3.64. The summed E-state index contributed by atoms with van der Waals surface area (Å²) in [5.74, 6) is -1.79. The van der Waals surface area contributed by atoms with Crippen LogP contribution in [0.15, 0.2) is 53.4 Å². The highest BCUT2D eigenvalue weighted by Gasteiger charge is 2.46. The Balaban J connectivity index is 1.52. The number of nitrogens with zero attached hydrogens (tertiary/aromatic N) is 2. The summed E-state index contributed by atoms with van der Waals surface area (Å²) in [6.45, 7) is 0.197. The van der Waals surface area contributed by atoms with E-state index in [-0.39, 0.29) is 35.2 Å². The number of methoxy groups -OCH3 is 1. The van der Waals surface area contributed by atoms with Gasteiger partial charge in [-0.15, -0.1) is 0 Å². The summed E-state index contributed by atoms with van der Waals surface area (Å²) in [4.78, 5) is 53.3. The molecule has 1 unspecified atom stereocenters. The third-order valence-electron chi connectivity index (χ3n) is 6.15. The molecule has 1 atom stereocenters. The van der Waals surface area contributed by atoms with E-state index in [4.69, 9.17) is 5.14 Å². The quantitative estimate of drug-likeness (QED) is 0.425. The zero-order valence-electron chi connectivity index (χ0n) is 19.0. The van der Waals surface area contributed by atoms with E-state index < -0.39 is 33.8 Å². The van der Waals surface area contributed by atoms with Crippen LogP contribution in [0.2, 0.25) is 0 Å². The van der Waals surface area contributed by atoms with E-state index in [1.807, 2.05) is 0 Å². The summed E-state index contributed by atoms with van der Waals surface area (Å²) in [5.41, 5.74) is 1.36. The van der Waals surface area contributed by atoms with Gasteiger partial charge in [0, 0.05) is 12.5 Å². The molecule has 10 nitrogen and oxygen atoms in total. The molecule has 184 valence electrons. The van der Waals surface area contributed by atoms with Crippen LogP contribution in [0, 0.1) is 5.92 Å². The summed E-state index contributed by atoms with van der Waals surface area (Å²) in [6.07, 6.45) is 1.72. The van der Waals surface area contributed by atoms with E-state index in [0.29, 0.717) is 12.1 Å². The van der Waals surface area contributed by atoms with Gasteiger partial charge in [-0.25, -0.2) is 23.3 Å². The summed E-state index contributed by atoms with van der Waals surface area (Å²) in [5, 5.41) is 5.13. The standard InChI is InChI=1S/C24H25N3O7S/c1-34-24(31)17-6-8-18(9-7-17)27-21(28)14-20(23(27)30)26(22(29)16-4-5-16)13-12-15-2-10-19(11-3-15)35(25,32)33/h2-3,6-11,16,20H,4-5,12-14H2,1H3,(H2,25,32,33). The highest BCUT2D eigenvalue weighted by Crippen LogP contribution is 2.34. The second kappa shape index (κ2) is 9.59.